The number of aromatic nitrogens is 1. The molecule has 1 aliphatic heterocycles. The number of carbonyl (C=O) groups excluding carboxylic acids is 1. The molecule has 1 aliphatic rings. The third-order valence-corrected chi connectivity index (χ3v) is 2.86. The average Bonchev–Trinajstić information content (AvgIpc) is 2.49. The number of rotatable bonds is 3. The molecular formula is C12H17N3O2. The van der Waals surface area contributed by atoms with Crippen molar-refractivity contribution in [1.82, 2.24) is 4.98 Å². The lowest BCUT2D eigenvalue weighted by Crippen LogP contribution is -2.25. The van der Waals surface area contributed by atoms with Crippen LogP contribution < -0.4 is 15.4 Å². The minimum atomic E-state index is 0.000180. The Labute approximate surface area is 101 Å². The molecule has 0 fully saturated rings. The molecule has 1 aromatic rings. The summed E-state index contributed by atoms with van der Waals surface area (Å²) in [5.74, 6) is 1.28. The Hall–Kier alpha value is -1.78. The van der Waals surface area contributed by atoms with Gasteiger partial charge in [0.25, 0.3) is 0 Å². The maximum atomic E-state index is 11.9. The van der Waals surface area contributed by atoms with Gasteiger partial charge in [-0.3, -0.25) is 4.79 Å². The molecule has 2 N–H and O–H groups in total. The number of pyridine rings is 1. The smallest absolute Gasteiger partial charge is 0.229 e. The Kier molecular flexibility index (Phi) is 3.46. The Morgan fingerprint density at radius 3 is 3.06 bits per heavy atom. The molecule has 0 aliphatic carbocycles. The quantitative estimate of drug-likeness (QED) is 0.839. The van der Waals surface area contributed by atoms with E-state index in [-0.39, 0.29) is 11.8 Å². The monoisotopic (exact) mass is 235 g/mol. The minimum absolute atomic E-state index is 0.000180. The Morgan fingerprint density at radius 1 is 1.53 bits per heavy atom. The molecule has 17 heavy (non-hydrogen) atoms. The highest BCUT2D eigenvalue weighted by atomic mass is 16.5. The van der Waals surface area contributed by atoms with Crippen LogP contribution in [0.25, 0.3) is 0 Å². The van der Waals surface area contributed by atoms with E-state index in [9.17, 15) is 4.79 Å². The maximum Gasteiger partial charge on any atom is 0.229 e. The highest BCUT2D eigenvalue weighted by molar-refractivity contribution is 5.96. The number of carbonyl (C=O) groups is 1. The standard InChI is InChI=1S/C12H17N3O2/c1-3-4-8-7-13-11-9(14-12(8)16)5-6-10(15-11)17-2/h5-6,8H,3-4,7H2,1-2H3,(H,13,15)(H,14,16). The Balaban J connectivity index is 2.22. The zero-order valence-corrected chi connectivity index (χ0v) is 10.1. The molecular weight excluding hydrogens is 218 g/mol. The largest absolute Gasteiger partial charge is 0.481 e. The fourth-order valence-electron chi connectivity index (χ4n) is 1.92. The summed E-state index contributed by atoms with van der Waals surface area (Å²) in [4.78, 5) is 16.2. The summed E-state index contributed by atoms with van der Waals surface area (Å²) in [6.45, 7) is 2.69. The van der Waals surface area contributed by atoms with Crippen molar-refractivity contribution < 1.29 is 9.53 Å². The summed E-state index contributed by atoms with van der Waals surface area (Å²) in [6, 6.07) is 3.54. The van der Waals surface area contributed by atoms with E-state index in [1.807, 2.05) is 0 Å². The molecule has 5 nitrogen and oxygen atoms in total. The minimum Gasteiger partial charge on any atom is -0.481 e. The van der Waals surface area contributed by atoms with Crippen LogP contribution in [0.2, 0.25) is 0 Å². The van der Waals surface area contributed by atoms with Crippen molar-refractivity contribution in [3.8, 4) is 5.88 Å². The van der Waals surface area contributed by atoms with Crippen molar-refractivity contribution in [3.05, 3.63) is 12.1 Å². The molecule has 0 aromatic carbocycles. The molecule has 5 heteroatoms. The molecule has 0 saturated heterocycles. The van der Waals surface area contributed by atoms with Crippen molar-refractivity contribution in [2.45, 2.75) is 19.8 Å². The second kappa shape index (κ2) is 5.03. The number of amides is 1. The van der Waals surface area contributed by atoms with Crippen LogP contribution >= 0.6 is 0 Å². The highest BCUT2D eigenvalue weighted by Crippen LogP contribution is 2.26. The number of nitrogens with zero attached hydrogens (tertiary/aromatic N) is 1. The van der Waals surface area contributed by atoms with E-state index in [0.717, 1.165) is 18.5 Å². The number of anilines is 2. The third kappa shape index (κ3) is 2.49. The number of methoxy groups -OCH3 is 1. The molecule has 1 unspecified atom stereocenters. The van der Waals surface area contributed by atoms with E-state index < -0.39 is 0 Å². The zero-order chi connectivity index (χ0) is 12.3. The zero-order valence-electron chi connectivity index (χ0n) is 10.1. The summed E-state index contributed by atoms with van der Waals surface area (Å²) in [5.41, 5.74) is 0.717. The van der Waals surface area contributed by atoms with Gasteiger partial charge < -0.3 is 15.4 Å². The summed E-state index contributed by atoms with van der Waals surface area (Å²) >= 11 is 0. The van der Waals surface area contributed by atoms with Gasteiger partial charge in [0.05, 0.1) is 18.7 Å². The number of hydrogen-bond acceptors (Lipinski definition) is 4. The normalized spacial score (nSPS) is 18.7. The number of nitrogens with one attached hydrogen (secondary N) is 2. The van der Waals surface area contributed by atoms with E-state index in [1.54, 1.807) is 19.2 Å². The predicted molar refractivity (Wildman–Crippen MR) is 66.3 cm³/mol. The van der Waals surface area contributed by atoms with Crippen molar-refractivity contribution in [2.75, 3.05) is 24.3 Å². The maximum absolute atomic E-state index is 11.9. The molecule has 0 bridgehead atoms. The SMILES string of the molecule is CCCC1CNc2nc(OC)ccc2NC1=O. The second-order valence-corrected chi connectivity index (χ2v) is 4.11. The van der Waals surface area contributed by atoms with Crippen LogP contribution in [0.4, 0.5) is 11.5 Å². The summed E-state index contributed by atoms with van der Waals surface area (Å²) in [7, 11) is 1.57. The van der Waals surface area contributed by atoms with Crippen molar-refractivity contribution in [2.24, 2.45) is 5.92 Å². The van der Waals surface area contributed by atoms with Gasteiger partial charge in [-0.05, 0) is 12.5 Å². The van der Waals surface area contributed by atoms with Crippen molar-refractivity contribution in [3.63, 3.8) is 0 Å². The first kappa shape index (κ1) is 11.7. The van der Waals surface area contributed by atoms with Crippen LogP contribution in [-0.4, -0.2) is 24.5 Å². The molecule has 1 amide bonds. The Morgan fingerprint density at radius 2 is 2.35 bits per heavy atom. The van der Waals surface area contributed by atoms with Crippen LogP contribution in [0.15, 0.2) is 12.1 Å². The molecule has 1 aromatic heterocycles. The van der Waals surface area contributed by atoms with E-state index in [4.69, 9.17) is 4.74 Å². The first-order chi connectivity index (χ1) is 8.24. The average molecular weight is 235 g/mol. The van der Waals surface area contributed by atoms with Crippen LogP contribution in [0, 0.1) is 5.92 Å². The highest BCUT2D eigenvalue weighted by Gasteiger charge is 2.23. The third-order valence-electron chi connectivity index (χ3n) is 2.86. The molecule has 92 valence electrons. The number of ether oxygens (including phenoxy) is 1. The fourth-order valence-corrected chi connectivity index (χ4v) is 1.92. The van der Waals surface area contributed by atoms with Gasteiger partial charge in [0, 0.05) is 12.6 Å². The first-order valence-corrected chi connectivity index (χ1v) is 5.84. The first-order valence-electron chi connectivity index (χ1n) is 5.84. The van der Waals surface area contributed by atoms with Crippen molar-refractivity contribution in [1.29, 1.82) is 0 Å². The lowest BCUT2D eigenvalue weighted by molar-refractivity contribution is -0.119. The van der Waals surface area contributed by atoms with Gasteiger partial charge in [0.1, 0.15) is 0 Å². The lowest BCUT2D eigenvalue weighted by Gasteiger charge is -2.10. The van der Waals surface area contributed by atoms with Crippen LogP contribution in [0.1, 0.15) is 19.8 Å². The van der Waals surface area contributed by atoms with E-state index in [0.29, 0.717) is 18.2 Å². The predicted octanol–water partition coefficient (Wildman–Crippen LogP) is 1.87. The fraction of sp³-hybridized carbons (Fsp3) is 0.500. The molecule has 0 radical (unpaired) electrons. The van der Waals surface area contributed by atoms with E-state index in [2.05, 4.69) is 22.5 Å². The van der Waals surface area contributed by atoms with Gasteiger partial charge in [0.15, 0.2) is 5.82 Å². The van der Waals surface area contributed by atoms with Gasteiger partial charge in [-0.1, -0.05) is 13.3 Å². The van der Waals surface area contributed by atoms with Gasteiger partial charge >= 0.3 is 0 Å². The summed E-state index contributed by atoms with van der Waals surface area (Å²) < 4.78 is 5.06. The molecule has 0 saturated carbocycles. The number of hydrogen-bond donors (Lipinski definition) is 2. The molecule has 1 atom stereocenters. The van der Waals surface area contributed by atoms with Crippen LogP contribution in [-0.2, 0) is 4.79 Å². The van der Waals surface area contributed by atoms with Crippen LogP contribution in [0.3, 0.4) is 0 Å². The molecule has 0 spiro atoms. The van der Waals surface area contributed by atoms with Gasteiger partial charge in [-0.2, -0.15) is 4.98 Å². The Bertz CT molecular complexity index is 420. The molecule has 2 heterocycles. The second-order valence-electron chi connectivity index (χ2n) is 4.11. The van der Waals surface area contributed by atoms with E-state index >= 15 is 0 Å². The topological polar surface area (TPSA) is 63.3 Å². The number of fused-ring (bicyclic) bond motifs is 1. The van der Waals surface area contributed by atoms with Crippen LogP contribution in [0.5, 0.6) is 5.88 Å². The van der Waals surface area contributed by atoms with E-state index in [1.165, 1.54) is 0 Å². The van der Waals surface area contributed by atoms with Crippen molar-refractivity contribution >= 4 is 17.4 Å². The summed E-state index contributed by atoms with van der Waals surface area (Å²) in [5, 5.41) is 6.08. The van der Waals surface area contributed by atoms with Gasteiger partial charge in [-0.15, -0.1) is 0 Å². The summed E-state index contributed by atoms with van der Waals surface area (Å²) in [6.07, 6.45) is 1.87. The van der Waals surface area contributed by atoms with Gasteiger partial charge in [-0.25, -0.2) is 0 Å². The lowest BCUT2D eigenvalue weighted by atomic mass is 10.0. The molecule has 2 rings (SSSR count). The van der Waals surface area contributed by atoms with Gasteiger partial charge in [0.2, 0.25) is 11.8 Å².